The van der Waals surface area contributed by atoms with Crippen LogP contribution in [0.15, 0.2) is 5.38 Å². The average Bonchev–Trinajstić information content (AvgIpc) is 2.52. The molecule has 0 aromatic carbocycles. The van der Waals surface area contributed by atoms with Crippen molar-refractivity contribution < 1.29 is 9.90 Å². The zero-order chi connectivity index (χ0) is 10.7. The Morgan fingerprint density at radius 2 is 2.36 bits per heavy atom. The fourth-order valence-electron chi connectivity index (χ4n) is 0.994. The van der Waals surface area contributed by atoms with Crippen molar-refractivity contribution in [3.63, 3.8) is 0 Å². The lowest BCUT2D eigenvalue weighted by molar-refractivity contribution is -0.138. The summed E-state index contributed by atoms with van der Waals surface area (Å²) in [7, 11) is 0. The van der Waals surface area contributed by atoms with Gasteiger partial charge in [0.25, 0.3) is 0 Å². The van der Waals surface area contributed by atoms with E-state index in [9.17, 15) is 4.79 Å². The molecule has 0 saturated carbocycles. The number of thiazole rings is 1. The van der Waals surface area contributed by atoms with Crippen LogP contribution in [0, 0.1) is 0 Å². The monoisotopic (exact) mass is 214 g/mol. The van der Waals surface area contributed by atoms with Crippen molar-refractivity contribution in [2.75, 3.05) is 0 Å². The van der Waals surface area contributed by atoms with Crippen LogP contribution < -0.4 is 5.73 Å². The first kappa shape index (κ1) is 11.1. The first-order valence-electron chi connectivity index (χ1n) is 4.43. The fourth-order valence-corrected chi connectivity index (χ4v) is 1.84. The second-order valence-electron chi connectivity index (χ2n) is 3.48. The van der Waals surface area contributed by atoms with E-state index >= 15 is 0 Å². The summed E-state index contributed by atoms with van der Waals surface area (Å²) in [5.74, 6) is -0.598. The Kier molecular flexibility index (Phi) is 3.60. The summed E-state index contributed by atoms with van der Waals surface area (Å²) in [5.41, 5.74) is 6.17. The molecule has 14 heavy (non-hydrogen) atoms. The Morgan fingerprint density at radius 3 is 2.79 bits per heavy atom. The van der Waals surface area contributed by atoms with Crippen molar-refractivity contribution >= 4 is 17.3 Å². The van der Waals surface area contributed by atoms with Crippen molar-refractivity contribution in [3.8, 4) is 0 Å². The molecule has 0 bridgehead atoms. The number of carboxylic acid groups (broad SMARTS) is 1. The molecule has 3 N–H and O–H groups in total. The summed E-state index contributed by atoms with van der Waals surface area (Å²) in [5, 5.41) is 11.5. The van der Waals surface area contributed by atoms with E-state index in [4.69, 9.17) is 10.8 Å². The van der Waals surface area contributed by atoms with E-state index in [1.54, 1.807) is 11.3 Å². The van der Waals surface area contributed by atoms with Crippen molar-refractivity contribution in [3.05, 3.63) is 16.1 Å². The Bertz CT molecular complexity index is 322. The lowest BCUT2D eigenvalue weighted by atomic mass is 10.2. The van der Waals surface area contributed by atoms with E-state index in [-0.39, 0.29) is 0 Å². The molecule has 78 valence electrons. The molecule has 1 unspecified atom stereocenters. The third-order valence-corrected chi connectivity index (χ3v) is 3.00. The molecule has 0 aliphatic heterocycles. The molecular weight excluding hydrogens is 200 g/mol. The Morgan fingerprint density at radius 1 is 1.71 bits per heavy atom. The Labute approximate surface area is 86.8 Å². The fraction of sp³-hybridized carbons (Fsp3) is 0.556. The maximum Gasteiger partial charge on any atom is 0.320 e. The van der Waals surface area contributed by atoms with Crippen LogP contribution >= 0.6 is 11.3 Å². The molecule has 1 aromatic heterocycles. The molecular formula is C9H14N2O2S. The zero-order valence-electron chi connectivity index (χ0n) is 8.23. The minimum atomic E-state index is -0.982. The molecule has 0 saturated heterocycles. The summed E-state index contributed by atoms with van der Waals surface area (Å²) < 4.78 is 0. The van der Waals surface area contributed by atoms with Gasteiger partial charge in [0.05, 0.1) is 10.7 Å². The molecule has 0 radical (unpaired) electrons. The highest BCUT2D eigenvalue weighted by molar-refractivity contribution is 7.09. The Hall–Kier alpha value is -0.940. The zero-order valence-corrected chi connectivity index (χ0v) is 9.04. The predicted molar refractivity (Wildman–Crippen MR) is 55.5 cm³/mol. The van der Waals surface area contributed by atoms with Crippen molar-refractivity contribution in [2.24, 2.45) is 5.73 Å². The number of aromatic nitrogens is 1. The number of aliphatic carboxylic acids is 1. The van der Waals surface area contributed by atoms with Gasteiger partial charge in [-0.15, -0.1) is 11.3 Å². The molecule has 0 amide bonds. The van der Waals surface area contributed by atoms with Gasteiger partial charge in [-0.05, 0) is 0 Å². The molecule has 1 heterocycles. The maximum atomic E-state index is 10.5. The molecule has 1 aromatic rings. The highest BCUT2D eigenvalue weighted by Crippen LogP contribution is 2.19. The Balaban J connectivity index is 2.64. The van der Waals surface area contributed by atoms with Crippen LogP contribution in [-0.4, -0.2) is 22.1 Å². The van der Waals surface area contributed by atoms with Gasteiger partial charge in [-0.2, -0.15) is 0 Å². The van der Waals surface area contributed by atoms with Gasteiger partial charge >= 0.3 is 5.97 Å². The number of carbonyl (C=O) groups is 1. The topological polar surface area (TPSA) is 76.2 Å². The maximum absolute atomic E-state index is 10.5. The number of carboxylic acids is 1. The predicted octanol–water partition coefficient (Wildman–Crippen LogP) is 1.22. The average molecular weight is 214 g/mol. The molecule has 0 aliphatic carbocycles. The van der Waals surface area contributed by atoms with Crippen LogP contribution in [0.1, 0.15) is 30.5 Å². The SMILES string of the molecule is CC(C)c1nc(CC(N)C(=O)O)cs1. The van der Waals surface area contributed by atoms with E-state index in [0.29, 0.717) is 12.3 Å². The second-order valence-corrected chi connectivity index (χ2v) is 4.37. The van der Waals surface area contributed by atoms with Gasteiger partial charge in [-0.25, -0.2) is 4.98 Å². The standard InChI is InChI=1S/C9H14N2O2S/c1-5(2)8-11-6(4-14-8)3-7(10)9(12)13/h4-5,7H,3,10H2,1-2H3,(H,12,13). The summed E-state index contributed by atoms with van der Waals surface area (Å²) in [6.07, 6.45) is 0.304. The van der Waals surface area contributed by atoms with Gasteiger partial charge in [-0.1, -0.05) is 13.8 Å². The normalized spacial score (nSPS) is 13.1. The van der Waals surface area contributed by atoms with Crippen LogP contribution in [0.3, 0.4) is 0 Å². The van der Waals surface area contributed by atoms with Gasteiger partial charge in [0.15, 0.2) is 0 Å². The molecule has 4 nitrogen and oxygen atoms in total. The minimum Gasteiger partial charge on any atom is -0.480 e. The van der Waals surface area contributed by atoms with E-state index in [2.05, 4.69) is 18.8 Å². The van der Waals surface area contributed by atoms with Crippen molar-refractivity contribution in [1.29, 1.82) is 0 Å². The van der Waals surface area contributed by atoms with E-state index in [1.165, 1.54) is 0 Å². The van der Waals surface area contributed by atoms with Gasteiger partial charge in [-0.3, -0.25) is 4.79 Å². The lowest BCUT2D eigenvalue weighted by Gasteiger charge is -2.02. The van der Waals surface area contributed by atoms with Gasteiger partial charge in [0.2, 0.25) is 0 Å². The van der Waals surface area contributed by atoms with Crippen molar-refractivity contribution in [1.82, 2.24) is 4.98 Å². The summed E-state index contributed by atoms with van der Waals surface area (Å²) in [6, 6.07) is -0.850. The van der Waals surface area contributed by atoms with Gasteiger partial charge in [0, 0.05) is 17.7 Å². The van der Waals surface area contributed by atoms with Crippen LogP contribution in [0.25, 0.3) is 0 Å². The number of nitrogens with two attached hydrogens (primary N) is 1. The number of rotatable bonds is 4. The molecule has 1 rings (SSSR count). The first-order chi connectivity index (χ1) is 6.50. The number of hydrogen-bond acceptors (Lipinski definition) is 4. The summed E-state index contributed by atoms with van der Waals surface area (Å²) in [6.45, 7) is 4.11. The summed E-state index contributed by atoms with van der Waals surface area (Å²) in [4.78, 5) is 14.8. The smallest absolute Gasteiger partial charge is 0.320 e. The summed E-state index contributed by atoms with van der Waals surface area (Å²) >= 11 is 1.55. The first-order valence-corrected chi connectivity index (χ1v) is 5.31. The number of nitrogens with zero attached hydrogens (tertiary/aromatic N) is 1. The minimum absolute atomic E-state index is 0.304. The molecule has 5 heteroatoms. The van der Waals surface area contributed by atoms with Crippen LogP contribution in [0.5, 0.6) is 0 Å². The van der Waals surface area contributed by atoms with Gasteiger partial charge < -0.3 is 10.8 Å². The quantitative estimate of drug-likeness (QED) is 0.790. The third-order valence-electron chi connectivity index (χ3n) is 1.81. The van der Waals surface area contributed by atoms with Crippen LogP contribution in [0.2, 0.25) is 0 Å². The molecule has 0 fully saturated rings. The molecule has 1 atom stereocenters. The van der Waals surface area contributed by atoms with Crippen molar-refractivity contribution in [2.45, 2.75) is 32.2 Å². The van der Waals surface area contributed by atoms with E-state index < -0.39 is 12.0 Å². The lowest BCUT2D eigenvalue weighted by Crippen LogP contribution is -2.32. The van der Waals surface area contributed by atoms with Crippen LogP contribution in [0.4, 0.5) is 0 Å². The highest BCUT2D eigenvalue weighted by Gasteiger charge is 2.14. The van der Waals surface area contributed by atoms with E-state index in [0.717, 1.165) is 10.7 Å². The highest BCUT2D eigenvalue weighted by atomic mass is 32.1. The second kappa shape index (κ2) is 4.52. The number of hydrogen-bond donors (Lipinski definition) is 2. The molecule has 0 spiro atoms. The molecule has 0 aliphatic rings. The van der Waals surface area contributed by atoms with Crippen LogP contribution in [-0.2, 0) is 11.2 Å². The largest absolute Gasteiger partial charge is 0.480 e. The van der Waals surface area contributed by atoms with E-state index in [1.807, 2.05) is 5.38 Å². The third kappa shape index (κ3) is 2.78. The van der Waals surface area contributed by atoms with Gasteiger partial charge in [0.1, 0.15) is 6.04 Å².